The second kappa shape index (κ2) is 5.89. The van der Waals surface area contributed by atoms with Gasteiger partial charge in [0.05, 0.1) is 0 Å². The van der Waals surface area contributed by atoms with E-state index in [1.54, 1.807) is 0 Å². The molecule has 15 heavy (non-hydrogen) atoms. The number of hydrogen-bond donors (Lipinski definition) is 1. The van der Waals surface area contributed by atoms with E-state index in [9.17, 15) is 0 Å². The molecule has 0 heterocycles. The summed E-state index contributed by atoms with van der Waals surface area (Å²) in [7, 11) is 0. The molecule has 0 aliphatic heterocycles. The highest BCUT2D eigenvalue weighted by Crippen LogP contribution is 2.39. The van der Waals surface area contributed by atoms with E-state index in [0.717, 1.165) is 11.8 Å². The first-order valence-electron chi connectivity index (χ1n) is 6.73. The Morgan fingerprint density at radius 2 is 1.80 bits per heavy atom. The van der Waals surface area contributed by atoms with Crippen LogP contribution in [0.3, 0.4) is 0 Å². The van der Waals surface area contributed by atoms with Crippen LogP contribution >= 0.6 is 0 Å². The zero-order valence-electron chi connectivity index (χ0n) is 11.1. The highest BCUT2D eigenvalue weighted by Gasteiger charge is 2.30. The molecular weight excluding hydrogens is 182 g/mol. The molecule has 1 fully saturated rings. The second-order valence-electron chi connectivity index (χ2n) is 6.40. The Kier molecular flexibility index (Phi) is 5.11. The van der Waals surface area contributed by atoms with Gasteiger partial charge in [-0.25, -0.2) is 0 Å². The third kappa shape index (κ3) is 5.01. The van der Waals surface area contributed by atoms with Gasteiger partial charge in [0.2, 0.25) is 0 Å². The molecule has 0 saturated heterocycles. The van der Waals surface area contributed by atoms with Crippen molar-refractivity contribution in [3.63, 3.8) is 0 Å². The van der Waals surface area contributed by atoms with Crippen LogP contribution in [0, 0.1) is 17.3 Å². The Morgan fingerprint density at radius 1 is 1.13 bits per heavy atom. The van der Waals surface area contributed by atoms with Crippen molar-refractivity contribution < 1.29 is 0 Å². The van der Waals surface area contributed by atoms with Gasteiger partial charge < -0.3 is 5.32 Å². The summed E-state index contributed by atoms with van der Waals surface area (Å²) in [5.74, 6) is 2.01. The fourth-order valence-electron chi connectivity index (χ4n) is 2.37. The molecule has 2 atom stereocenters. The van der Waals surface area contributed by atoms with E-state index in [0.29, 0.717) is 5.41 Å². The quantitative estimate of drug-likeness (QED) is 0.658. The maximum atomic E-state index is 3.56. The van der Waals surface area contributed by atoms with Crippen molar-refractivity contribution in [2.24, 2.45) is 17.3 Å². The van der Waals surface area contributed by atoms with E-state index in [4.69, 9.17) is 0 Å². The highest BCUT2D eigenvalue weighted by molar-refractivity contribution is 4.83. The SMILES string of the molecule is CCCNCC1CCC1CCC(C)(C)C. The van der Waals surface area contributed by atoms with Crippen molar-refractivity contribution in [2.45, 2.75) is 59.8 Å². The number of rotatable bonds is 6. The molecule has 0 radical (unpaired) electrons. The summed E-state index contributed by atoms with van der Waals surface area (Å²) >= 11 is 0. The molecule has 2 unspecified atom stereocenters. The molecule has 90 valence electrons. The van der Waals surface area contributed by atoms with Crippen LogP contribution in [0.15, 0.2) is 0 Å². The van der Waals surface area contributed by atoms with Crippen molar-refractivity contribution in [1.29, 1.82) is 0 Å². The molecule has 1 nitrogen and oxygen atoms in total. The molecule has 1 aliphatic rings. The van der Waals surface area contributed by atoms with Crippen molar-refractivity contribution in [2.75, 3.05) is 13.1 Å². The molecule has 1 saturated carbocycles. The highest BCUT2D eigenvalue weighted by atomic mass is 14.9. The van der Waals surface area contributed by atoms with Crippen molar-refractivity contribution >= 4 is 0 Å². The minimum absolute atomic E-state index is 0.525. The average Bonchev–Trinajstić information content (AvgIpc) is 2.08. The summed E-state index contributed by atoms with van der Waals surface area (Å²) in [6.07, 6.45) is 7.05. The normalized spacial score (nSPS) is 26.4. The van der Waals surface area contributed by atoms with E-state index in [1.165, 1.54) is 45.2 Å². The van der Waals surface area contributed by atoms with Crippen LogP contribution in [0.25, 0.3) is 0 Å². The molecular formula is C14H29N. The van der Waals surface area contributed by atoms with Crippen molar-refractivity contribution in [3.8, 4) is 0 Å². The van der Waals surface area contributed by atoms with Gasteiger partial charge in [-0.05, 0) is 62.4 Å². The lowest BCUT2D eigenvalue weighted by Gasteiger charge is -2.38. The standard InChI is InChI=1S/C14H29N/c1-5-10-15-11-13-7-6-12(13)8-9-14(2,3)4/h12-13,15H,5-11H2,1-4H3. The summed E-state index contributed by atoms with van der Waals surface area (Å²) in [6, 6.07) is 0. The van der Waals surface area contributed by atoms with Gasteiger partial charge in [0.25, 0.3) is 0 Å². The number of hydrogen-bond acceptors (Lipinski definition) is 1. The van der Waals surface area contributed by atoms with Gasteiger partial charge in [0, 0.05) is 0 Å². The van der Waals surface area contributed by atoms with Crippen LogP contribution in [0.5, 0.6) is 0 Å². The fourth-order valence-corrected chi connectivity index (χ4v) is 2.37. The molecule has 0 amide bonds. The van der Waals surface area contributed by atoms with Gasteiger partial charge in [-0.3, -0.25) is 0 Å². The van der Waals surface area contributed by atoms with Crippen LogP contribution in [0.1, 0.15) is 59.8 Å². The molecule has 0 aromatic heterocycles. The van der Waals surface area contributed by atoms with E-state index in [-0.39, 0.29) is 0 Å². The fraction of sp³-hybridized carbons (Fsp3) is 1.00. The summed E-state index contributed by atoms with van der Waals surface area (Å²) in [5.41, 5.74) is 0.525. The van der Waals surface area contributed by atoms with Crippen LogP contribution in [-0.2, 0) is 0 Å². The topological polar surface area (TPSA) is 12.0 Å². The summed E-state index contributed by atoms with van der Waals surface area (Å²) < 4.78 is 0. The predicted octanol–water partition coefficient (Wildman–Crippen LogP) is 3.84. The summed E-state index contributed by atoms with van der Waals surface area (Å²) in [6.45, 7) is 11.8. The Morgan fingerprint density at radius 3 is 2.27 bits per heavy atom. The Hall–Kier alpha value is -0.0400. The smallest absolute Gasteiger partial charge is 0.00179 e. The van der Waals surface area contributed by atoms with Crippen molar-refractivity contribution in [1.82, 2.24) is 5.32 Å². The van der Waals surface area contributed by atoms with E-state index >= 15 is 0 Å². The Labute approximate surface area is 96.0 Å². The summed E-state index contributed by atoms with van der Waals surface area (Å²) in [4.78, 5) is 0. The third-order valence-corrected chi connectivity index (χ3v) is 3.67. The van der Waals surface area contributed by atoms with Crippen molar-refractivity contribution in [3.05, 3.63) is 0 Å². The molecule has 1 N–H and O–H groups in total. The van der Waals surface area contributed by atoms with Gasteiger partial charge >= 0.3 is 0 Å². The molecule has 1 rings (SSSR count). The van der Waals surface area contributed by atoms with Gasteiger partial charge in [0.1, 0.15) is 0 Å². The predicted molar refractivity (Wildman–Crippen MR) is 68.1 cm³/mol. The number of nitrogens with one attached hydrogen (secondary N) is 1. The Balaban J connectivity index is 2.10. The van der Waals surface area contributed by atoms with Gasteiger partial charge in [-0.1, -0.05) is 27.7 Å². The summed E-state index contributed by atoms with van der Waals surface area (Å²) in [5, 5.41) is 3.56. The minimum Gasteiger partial charge on any atom is -0.316 e. The maximum Gasteiger partial charge on any atom is -0.00179 e. The van der Waals surface area contributed by atoms with Gasteiger partial charge in [-0.2, -0.15) is 0 Å². The molecule has 0 aromatic carbocycles. The lowest BCUT2D eigenvalue weighted by molar-refractivity contribution is 0.141. The van der Waals surface area contributed by atoms with Gasteiger partial charge in [-0.15, -0.1) is 0 Å². The average molecular weight is 211 g/mol. The van der Waals surface area contributed by atoms with E-state index < -0.39 is 0 Å². The first-order chi connectivity index (χ1) is 7.03. The molecule has 0 aromatic rings. The van der Waals surface area contributed by atoms with Crippen LogP contribution in [0.2, 0.25) is 0 Å². The van der Waals surface area contributed by atoms with Gasteiger partial charge in [0.15, 0.2) is 0 Å². The van der Waals surface area contributed by atoms with Crippen LogP contribution < -0.4 is 5.32 Å². The van der Waals surface area contributed by atoms with E-state index in [1.807, 2.05) is 0 Å². The minimum atomic E-state index is 0.525. The van der Waals surface area contributed by atoms with E-state index in [2.05, 4.69) is 33.0 Å². The first-order valence-corrected chi connectivity index (χ1v) is 6.73. The zero-order valence-corrected chi connectivity index (χ0v) is 11.1. The monoisotopic (exact) mass is 211 g/mol. The third-order valence-electron chi connectivity index (χ3n) is 3.67. The molecule has 0 bridgehead atoms. The zero-order chi connectivity index (χ0) is 11.3. The lowest BCUT2D eigenvalue weighted by Crippen LogP contribution is -2.36. The maximum absolute atomic E-state index is 3.56. The second-order valence-corrected chi connectivity index (χ2v) is 6.40. The lowest BCUT2D eigenvalue weighted by atomic mass is 9.69. The van der Waals surface area contributed by atoms with Crippen LogP contribution in [0.4, 0.5) is 0 Å². The molecule has 1 aliphatic carbocycles. The van der Waals surface area contributed by atoms with Crippen LogP contribution in [-0.4, -0.2) is 13.1 Å². The molecule has 0 spiro atoms. The largest absolute Gasteiger partial charge is 0.316 e. The first kappa shape index (κ1) is 13.0. The Bertz CT molecular complexity index is 169. The molecule has 1 heteroatoms.